The van der Waals surface area contributed by atoms with Crippen LogP contribution in [0.25, 0.3) is 10.9 Å². The van der Waals surface area contributed by atoms with E-state index in [4.69, 9.17) is 0 Å². The van der Waals surface area contributed by atoms with Crippen molar-refractivity contribution in [1.29, 1.82) is 0 Å². The first-order chi connectivity index (χ1) is 9.56. The molecule has 0 aliphatic rings. The van der Waals surface area contributed by atoms with Crippen molar-refractivity contribution in [2.24, 2.45) is 0 Å². The van der Waals surface area contributed by atoms with Gasteiger partial charge in [0.2, 0.25) is 0 Å². The fourth-order valence-corrected chi connectivity index (χ4v) is 2.13. The topological polar surface area (TPSA) is 24.9 Å². The molecule has 0 unspecified atom stereocenters. The number of nitrogens with one attached hydrogen (secondary N) is 1. The highest BCUT2D eigenvalue weighted by Crippen LogP contribution is 2.20. The predicted octanol–water partition coefficient (Wildman–Crippen LogP) is 3.71. The molecule has 0 amide bonds. The molecular formula is C15H17F3N2. The zero-order valence-electron chi connectivity index (χ0n) is 11.1. The minimum absolute atomic E-state index is 0.122. The Morgan fingerprint density at radius 1 is 1.05 bits per heavy atom. The van der Waals surface area contributed by atoms with Crippen LogP contribution in [0.2, 0.25) is 0 Å². The van der Waals surface area contributed by atoms with E-state index in [0.29, 0.717) is 13.1 Å². The summed E-state index contributed by atoms with van der Waals surface area (Å²) in [7, 11) is 0. The summed E-state index contributed by atoms with van der Waals surface area (Å²) in [5.74, 6) is 0. The Kier molecular flexibility index (Phi) is 4.95. The van der Waals surface area contributed by atoms with Gasteiger partial charge in [0.15, 0.2) is 0 Å². The molecule has 20 heavy (non-hydrogen) atoms. The zero-order valence-corrected chi connectivity index (χ0v) is 11.1. The molecule has 1 aromatic carbocycles. The Balaban J connectivity index is 1.79. The first-order valence-corrected chi connectivity index (χ1v) is 6.66. The number of alkyl halides is 3. The van der Waals surface area contributed by atoms with Crippen molar-refractivity contribution in [2.45, 2.75) is 25.4 Å². The summed E-state index contributed by atoms with van der Waals surface area (Å²) in [6.45, 7) is 1.05. The molecule has 0 atom stereocenters. The lowest BCUT2D eigenvalue weighted by Crippen LogP contribution is -2.20. The summed E-state index contributed by atoms with van der Waals surface area (Å²) in [6, 6.07) is 9.88. The van der Waals surface area contributed by atoms with Crippen LogP contribution in [-0.4, -0.2) is 24.2 Å². The lowest BCUT2D eigenvalue weighted by atomic mass is 10.1. The summed E-state index contributed by atoms with van der Waals surface area (Å²) in [6.07, 6.45) is -2.14. The smallest absolute Gasteiger partial charge is 0.316 e. The van der Waals surface area contributed by atoms with Crippen LogP contribution < -0.4 is 5.32 Å². The van der Waals surface area contributed by atoms with Crippen LogP contribution in [0.1, 0.15) is 18.4 Å². The van der Waals surface area contributed by atoms with Gasteiger partial charge in [0, 0.05) is 18.0 Å². The average Bonchev–Trinajstić information content (AvgIpc) is 2.41. The molecule has 0 aliphatic carbocycles. The zero-order chi connectivity index (χ0) is 14.4. The van der Waals surface area contributed by atoms with Gasteiger partial charge in [0.05, 0.1) is 5.52 Å². The van der Waals surface area contributed by atoms with E-state index in [0.717, 1.165) is 22.9 Å². The summed E-state index contributed by atoms with van der Waals surface area (Å²) in [5, 5.41) is 4.13. The van der Waals surface area contributed by atoms with E-state index in [9.17, 15) is 13.2 Å². The number of hydrogen-bond acceptors (Lipinski definition) is 2. The van der Waals surface area contributed by atoms with E-state index in [2.05, 4.69) is 10.3 Å². The normalized spacial score (nSPS) is 11.9. The number of nitrogens with zero attached hydrogens (tertiary/aromatic N) is 1. The molecule has 2 nitrogen and oxygen atoms in total. The van der Waals surface area contributed by atoms with Crippen molar-refractivity contribution in [3.63, 3.8) is 0 Å². The van der Waals surface area contributed by atoms with E-state index in [1.807, 2.05) is 30.3 Å². The van der Waals surface area contributed by atoms with Gasteiger partial charge >= 0.3 is 6.18 Å². The van der Waals surface area contributed by atoms with Gasteiger partial charge in [0.25, 0.3) is 0 Å². The first-order valence-electron chi connectivity index (χ1n) is 6.66. The van der Waals surface area contributed by atoms with E-state index < -0.39 is 12.6 Å². The molecule has 0 saturated heterocycles. The van der Waals surface area contributed by atoms with E-state index in [-0.39, 0.29) is 6.42 Å². The largest absolute Gasteiger partial charge is 0.389 e. The average molecular weight is 282 g/mol. The quantitative estimate of drug-likeness (QED) is 0.817. The number of pyridine rings is 1. The summed E-state index contributed by atoms with van der Waals surface area (Å²) >= 11 is 0. The van der Waals surface area contributed by atoms with Crippen molar-refractivity contribution in [1.82, 2.24) is 10.3 Å². The Hall–Kier alpha value is -1.62. The van der Waals surface area contributed by atoms with Crippen LogP contribution in [-0.2, 0) is 6.42 Å². The van der Waals surface area contributed by atoms with E-state index in [1.54, 1.807) is 6.20 Å². The van der Waals surface area contributed by atoms with Crippen molar-refractivity contribution in [3.05, 3.63) is 42.1 Å². The Morgan fingerprint density at radius 2 is 1.85 bits per heavy atom. The molecule has 0 fully saturated rings. The lowest BCUT2D eigenvalue weighted by molar-refractivity contribution is -0.135. The fraction of sp³-hybridized carbons (Fsp3) is 0.400. The number of para-hydroxylation sites is 1. The van der Waals surface area contributed by atoms with Crippen molar-refractivity contribution < 1.29 is 13.2 Å². The highest BCUT2D eigenvalue weighted by Gasteiger charge is 2.25. The fourth-order valence-electron chi connectivity index (χ4n) is 2.13. The molecule has 108 valence electrons. The maximum Gasteiger partial charge on any atom is 0.389 e. The number of aromatic nitrogens is 1. The molecule has 1 aromatic heterocycles. The van der Waals surface area contributed by atoms with Crippen molar-refractivity contribution in [3.8, 4) is 0 Å². The molecule has 2 rings (SSSR count). The first kappa shape index (κ1) is 14.8. The second kappa shape index (κ2) is 6.70. The molecule has 0 radical (unpaired) electrons. The molecule has 0 bridgehead atoms. The van der Waals surface area contributed by atoms with Gasteiger partial charge in [-0.3, -0.25) is 4.98 Å². The third-order valence-electron chi connectivity index (χ3n) is 3.10. The molecule has 0 saturated carbocycles. The maximum absolute atomic E-state index is 12.0. The number of hydrogen-bond donors (Lipinski definition) is 1. The number of halogens is 3. The third kappa shape index (κ3) is 4.49. The van der Waals surface area contributed by atoms with Gasteiger partial charge in [-0.25, -0.2) is 0 Å². The molecular weight excluding hydrogens is 265 g/mol. The van der Waals surface area contributed by atoms with E-state index >= 15 is 0 Å². The minimum atomic E-state index is -4.05. The Bertz CT molecular complexity index is 547. The number of fused-ring (bicyclic) bond motifs is 1. The van der Waals surface area contributed by atoms with Gasteiger partial charge in [-0.15, -0.1) is 0 Å². The number of benzene rings is 1. The molecule has 5 heteroatoms. The van der Waals surface area contributed by atoms with Crippen molar-refractivity contribution >= 4 is 10.9 Å². The Morgan fingerprint density at radius 3 is 2.65 bits per heavy atom. The van der Waals surface area contributed by atoms with Gasteiger partial charge in [-0.1, -0.05) is 24.3 Å². The molecule has 2 aromatic rings. The van der Waals surface area contributed by atoms with Gasteiger partial charge in [-0.05, 0) is 37.6 Å². The van der Waals surface area contributed by atoms with Crippen LogP contribution in [0.15, 0.2) is 36.5 Å². The lowest BCUT2D eigenvalue weighted by Gasteiger charge is -2.08. The standard InChI is InChI=1S/C15H17F3N2/c16-15(17,18)8-3-9-19-11-7-13-5-1-4-12-6-2-10-20-14(12)13/h1-2,4-6,10,19H,3,7-9,11H2. The van der Waals surface area contributed by atoms with Crippen LogP contribution in [0.5, 0.6) is 0 Å². The van der Waals surface area contributed by atoms with Crippen LogP contribution in [0, 0.1) is 0 Å². The maximum atomic E-state index is 12.0. The molecule has 1 heterocycles. The van der Waals surface area contributed by atoms with Gasteiger partial charge < -0.3 is 5.32 Å². The van der Waals surface area contributed by atoms with Crippen LogP contribution in [0.3, 0.4) is 0 Å². The Labute approximate surface area is 116 Å². The summed E-state index contributed by atoms with van der Waals surface area (Å²) in [4.78, 5) is 4.35. The number of rotatable bonds is 6. The summed E-state index contributed by atoms with van der Waals surface area (Å²) in [5.41, 5.74) is 2.08. The second-order valence-corrected chi connectivity index (χ2v) is 4.71. The van der Waals surface area contributed by atoms with E-state index in [1.165, 1.54) is 0 Å². The monoisotopic (exact) mass is 282 g/mol. The third-order valence-corrected chi connectivity index (χ3v) is 3.10. The molecule has 0 spiro atoms. The van der Waals surface area contributed by atoms with Crippen LogP contribution >= 0.6 is 0 Å². The van der Waals surface area contributed by atoms with Crippen LogP contribution in [0.4, 0.5) is 13.2 Å². The highest BCUT2D eigenvalue weighted by atomic mass is 19.4. The highest BCUT2D eigenvalue weighted by molar-refractivity contribution is 5.81. The van der Waals surface area contributed by atoms with Gasteiger partial charge in [0.1, 0.15) is 0 Å². The minimum Gasteiger partial charge on any atom is -0.316 e. The SMILES string of the molecule is FC(F)(F)CCCNCCc1cccc2cccnc12. The van der Waals surface area contributed by atoms with Gasteiger partial charge in [-0.2, -0.15) is 13.2 Å². The molecule has 0 aliphatic heterocycles. The predicted molar refractivity (Wildman–Crippen MR) is 73.6 cm³/mol. The molecule has 1 N–H and O–H groups in total. The second-order valence-electron chi connectivity index (χ2n) is 4.71. The van der Waals surface area contributed by atoms with Crippen molar-refractivity contribution in [2.75, 3.05) is 13.1 Å². The summed E-state index contributed by atoms with van der Waals surface area (Å²) < 4.78 is 35.9.